The minimum atomic E-state index is -0.863. The first-order valence-electron chi connectivity index (χ1n) is 8.94. The average molecular weight is 346 g/mol. The van der Waals surface area contributed by atoms with E-state index in [1.54, 1.807) is 16.8 Å². The fraction of sp³-hybridized carbons (Fsp3) is 0.579. The van der Waals surface area contributed by atoms with Crippen LogP contribution in [0.3, 0.4) is 0 Å². The van der Waals surface area contributed by atoms with E-state index in [4.69, 9.17) is 9.84 Å². The largest absolute Gasteiger partial charge is 0.480 e. The molecule has 0 bridgehead atoms. The average Bonchev–Trinajstić information content (AvgIpc) is 2.53. The third kappa shape index (κ3) is 4.58. The number of carboxylic acid groups (broad SMARTS) is 1. The molecular formula is C19H26N2O4. The molecule has 6 nitrogen and oxygen atoms in total. The van der Waals surface area contributed by atoms with E-state index in [2.05, 4.69) is 12.1 Å². The number of rotatable bonds is 6. The number of likely N-dealkylation sites (N-methyl/N-ethyl adjacent to an activating group) is 1. The van der Waals surface area contributed by atoms with E-state index in [1.807, 2.05) is 12.1 Å². The van der Waals surface area contributed by atoms with Crippen molar-refractivity contribution in [2.45, 2.75) is 31.3 Å². The summed E-state index contributed by atoms with van der Waals surface area (Å²) in [5.41, 5.74) is 2.04. The molecule has 0 spiro atoms. The lowest BCUT2D eigenvalue weighted by Gasteiger charge is -2.34. The predicted molar refractivity (Wildman–Crippen MR) is 93.8 cm³/mol. The maximum atomic E-state index is 12.7. The van der Waals surface area contributed by atoms with E-state index in [0.29, 0.717) is 37.7 Å². The summed E-state index contributed by atoms with van der Waals surface area (Å²) in [4.78, 5) is 27.0. The van der Waals surface area contributed by atoms with Crippen LogP contribution >= 0.6 is 0 Å². The third-order valence-electron chi connectivity index (χ3n) is 5.08. The topological polar surface area (TPSA) is 70.1 Å². The highest BCUT2D eigenvalue weighted by molar-refractivity contribution is 5.94. The first kappa shape index (κ1) is 17.9. The van der Waals surface area contributed by atoms with Gasteiger partial charge in [-0.1, -0.05) is 18.6 Å². The van der Waals surface area contributed by atoms with Crippen molar-refractivity contribution in [1.82, 2.24) is 9.80 Å². The Kier molecular flexibility index (Phi) is 5.71. The van der Waals surface area contributed by atoms with Crippen LogP contribution in [0.15, 0.2) is 24.3 Å². The van der Waals surface area contributed by atoms with Crippen molar-refractivity contribution < 1.29 is 19.4 Å². The monoisotopic (exact) mass is 346 g/mol. The standard InChI is InChI=1S/C19H26N2O4/c1-20(13-18(22)23)11-17-12-21(9-10-25-17)19(24)16-7-5-15(6-8-16)14-3-2-4-14/h5-8,14,17H,2-4,9-13H2,1H3,(H,22,23). The Morgan fingerprint density at radius 2 is 2.00 bits per heavy atom. The summed E-state index contributed by atoms with van der Waals surface area (Å²) >= 11 is 0. The Balaban J connectivity index is 1.56. The van der Waals surface area contributed by atoms with Crippen molar-refractivity contribution in [1.29, 1.82) is 0 Å². The lowest BCUT2D eigenvalue weighted by Crippen LogP contribution is -2.49. The fourth-order valence-corrected chi connectivity index (χ4v) is 3.48. The first-order chi connectivity index (χ1) is 12.0. The van der Waals surface area contributed by atoms with Gasteiger partial charge in [-0.15, -0.1) is 0 Å². The van der Waals surface area contributed by atoms with Gasteiger partial charge in [0, 0.05) is 25.2 Å². The van der Waals surface area contributed by atoms with E-state index < -0.39 is 5.97 Å². The van der Waals surface area contributed by atoms with Crippen molar-refractivity contribution in [3.8, 4) is 0 Å². The SMILES string of the molecule is CN(CC(=O)O)CC1CN(C(=O)c2ccc(C3CCC3)cc2)CCO1. The number of aliphatic carboxylic acids is 1. The Morgan fingerprint density at radius 3 is 2.60 bits per heavy atom. The zero-order valence-corrected chi connectivity index (χ0v) is 14.7. The van der Waals surface area contributed by atoms with E-state index in [1.165, 1.54) is 24.8 Å². The van der Waals surface area contributed by atoms with Crippen LogP contribution < -0.4 is 0 Å². The van der Waals surface area contributed by atoms with Crippen molar-refractivity contribution in [2.75, 3.05) is 39.8 Å². The minimum absolute atomic E-state index is 0.0225. The zero-order chi connectivity index (χ0) is 17.8. The normalized spacial score (nSPS) is 21.2. The quantitative estimate of drug-likeness (QED) is 0.851. The van der Waals surface area contributed by atoms with Crippen LogP contribution in [-0.2, 0) is 9.53 Å². The van der Waals surface area contributed by atoms with Gasteiger partial charge >= 0.3 is 5.97 Å². The number of amides is 1. The predicted octanol–water partition coefficient (Wildman–Crippen LogP) is 1.81. The molecule has 1 heterocycles. The fourth-order valence-electron chi connectivity index (χ4n) is 3.48. The molecule has 1 unspecified atom stereocenters. The first-order valence-corrected chi connectivity index (χ1v) is 8.94. The number of carbonyl (C=O) groups is 2. The maximum absolute atomic E-state index is 12.7. The van der Waals surface area contributed by atoms with Gasteiger partial charge in [-0.2, -0.15) is 0 Å². The lowest BCUT2D eigenvalue weighted by molar-refractivity contribution is -0.138. The van der Waals surface area contributed by atoms with Gasteiger partial charge in [0.05, 0.1) is 19.3 Å². The Hall–Kier alpha value is -1.92. The van der Waals surface area contributed by atoms with Crippen molar-refractivity contribution >= 4 is 11.9 Å². The number of carboxylic acids is 1. The highest BCUT2D eigenvalue weighted by Crippen LogP contribution is 2.36. The summed E-state index contributed by atoms with van der Waals surface area (Å²) in [5.74, 6) is -0.172. The van der Waals surface area contributed by atoms with Crippen molar-refractivity contribution in [3.05, 3.63) is 35.4 Å². The Bertz CT molecular complexity index is 612. The molecule has 1 amide bonds. The molecule has 0 radical (unpaired) electrons. The summed E-state index contributed by atoms with van der Waals surface area (Å²) in [6.45, 7) is 2.01. The highest BCUT2D eigenvalue weighted by atomic mass is 16.5. The summed E-state index contributed by atoms with van der Waals surface area (Å²) in [7, 11) is 1.75. The molecule has 2 fully saturated rings. The Morgan fingerprint density at radius 1 is 1.28 bits per heavy atom. The van der Waals surface area contributed by atoms with Gasteiger partial charge in [-0.25, -0.2) is 0 Å². The van der Waals surface area contributed by atoms with Crippen LogP contribution in [-0.4, -0.2) is 72.7 Å². The zero-order valence-electron chi connectivity index (χ0n) is 14.7. The van der Waals surface area contributed by atoms with Gasteiger partial charge in [-0.05, 0) is 43.5 Å². The molecule has 1 atom stereocenters. The summed E-state index contributed by atoms with van der Waals surface area (Å²) in [6.07, 6.45) is 3.65. The second kappa shape index (κ2) is 7.97. The smallest absolute Gasteiger partial charge is 0.317 e. The number of benzene rings is 1. The van der Waals surface area contributed by atoms with Crippen LogP contribution in [0, 0.1) is 0 Å². The Labute approximate surface area is 148 Å². The molecule has 2 aliphatic rings. The second-order valence-corrected chi connectivity index (χ2v) is 7.08. The van der Waals surface area contributed by atoms with Crippen LogP contribution in [0.5, 0.6) is 0 Å². The minimum Gasteiger partial charge on any atom is -0.480 e. The molecule has 1 saturated carbocycles. The summed E-state index contributed by atoms with van der Waals surface area (Å²) < 4.78 is 5.69. The van der Waals surface area contributed by atoms with E-state index in [-0.39, 0.29) is 18.6 Å². The van der Waals surface area contributed by atoms with Crippen molar-refractivity contribution in [3.63, 3.8) is 0 Å². The maximum Gasteiger partial charge on any atom is 0.317 e. The number of hydrogen-bond donors (Lipinski definition) is 1. The van der Waals surface area contributed by atoms with E-state index in [0.717, 1.165) is 0 Å². The molecule has 1 N–H and O–H groups in total. The van der Waals surface area contributed by atoms with E-state index in [9.17, 15) is 9.59 Å². The van der Waals surface area contributed by atoms with Gasteiger partial charge in [-0.3, -0.25) is 14.5 Å². The number of carbonyl (C=O) groups excluding carboxylic acids is 1. The van der Waals surface area contributed by atoms with Gasteiger partial charge in [0.2, 0.25) is 0 Å². The molecule has 3 rings (SSSR count). The molecule has 0 aromatic heterocycles. The number of ether oxygens (including phenoxy) is 1. The van der Waals surface area contributed by atoms with Crippen LogP contribution in [0.1, 0.15) is 41.1 Å². The van der Waals surface area contributed by atoms with Crippen molar-refractivity contribution in [2.24, 2.45) is 0 Å². The number of nitrogens with zero attached hydrogens (tertiary/aromatic N) is 2. The molecule has 1 aliphatic carbocycles. The van der Waals surface area contributed by atoms with Crippen LogP contribution in [0.4, 0.5) is 0 Å². The molecule has 25 heavy (non-hydrogen) atoms. The van der Waals surface area contributed by atoms with Gasteiger partial charge in [0.25, 0.3) is 5.91 Å². The molecule has 6 heteroatoms. The van der Waals surface area contributed by atoms with Crippen LogP contribution in [0.25, 0.3) is 0 Å². The van der Waals surface area contributed by atoms with Gasteiger partial charge < -0.3 is 14.7 Å². The molecule has 1 aliphatic heterocycles. The molecule has 1 saturated heterocycles. The van der Waals surface area contributed by atoms with Gasteiger partial charge in [0.15, 0.2) is 0 Å². The second-order valence-electron chi connectivity index (χ2n) is 7.08. The summed E-state index contributed by atoms with van der Waals surface area (Å²) in [5, 5.41) is 8.84. The number of hydrogen-bond acceptors (Lipinski definition) is 4. The molecular weight excluding hydrogens is 320 g/mol. The molecule has 1 aromatic rings. The third-order valence-corrected chi connectivity index (χ3v) is 5.08. The van der Waals surface area contributed by atoms with Gasteiger partial charge in [0.1, 0.15) is 0 Å². The highest BCUT2D eigenvalue weighted by Gasteiger charge is 2.26. The lowest BCUT2D eigenvalue weighted by atomic mass is 9.80. The number of morpholine rings is 1. The molecule has 1 aromatic carbocycles. The van der Waals surface area contributed by atoms with Crippen LogP contribution in [0.2, 0.25) is 0 Å². The van der Waals surface area contributed by atoms with E-state index >= 15 is 0 Å². The summed E-state index contributed by atoms with van der Waals surface area (Å²) in [6, 6.07) is 8.01. The molecule has 136 valence electrons.